The van der Waals surface area contributed by atoms with Gasteiger partial charge in [-0.3, -0.25) is 4.55 Å². The van der Waals surface area contributed by atoms with Gasteiger partial charge in [-0.05, 0) is 18.6 Å². The predicted molar refractivity (Wildman–Crippen MR) is 61.8 cm³/mol. The van der Waals surface area contributed by atoms with Crippen LogP contribution in [-0.4, -0.2) is 25.3 Å². The maximum Gasteiger partial charge on any atom is 0.264 e. The minimum Gasteiger partial charge on any atom is -0.491 e. The van der Waals surface area contributed by atoms with Crippen LogP contribution in [0.5, 0.6) is 5.75 Å². The van der Waals surface area contributed by atoms with Crippen LogP contribution < -0.4 is 16.2 Å². The van der Waals surface area contributed by atoms with Crippen LogP contribution in [0.25, 0.3) is 0 Å². The summed E-state index contributed by atoms with van der Waals surface area (Å²) in [5.41, 5.74) is 11.9. The number of benzene rings is 1. The predicted octanol–water partition coefficient (Wildman–Crippen LogP) is 0.508. The maximum absolute atomic E-state index is 10.4. The summed E-state index contributed by atoms with van der Waals surface area (Å²) in [6.45, 7) is 0.146. The molecule has 0 spiro atoms. The van der Waals surface area contributed by atoms with Gasteiger partial charge in [0.25, 0.3) is 10.1 Å². The number of hydrogen-bond acceptors (Lipinski definition) is 5. The number of nitrogens with two attached hydrogens (primary N) is 2. The normalized spacial score (nSPS) is 11.3. The van der Waals surface area contributed by atoms with Crippen molar-refractivity contribution in [2.45, 2.75) is 6.42 Å². The molecule has 1 aromatic rings. The SMILES string of the molecule is Nc1cccc(OCCCS(=O)(=O)O)c1N. The number of anilines is 2. The van der Waals surface area contributed by atoms with Gasteiger partial charge in [0.2, 0.25) is 0 Å². The van der Waals surface area contributed by atoms with Crippen LogP contribution in [0.1, 0.15) is 6.42 Å². The summed E-state index contributed by atoms with van der Waals surface area (Å²) in [4.78, 5) is 0. The van der Waals surface area contributed by atoms with Gasteiger partial charge in [0.05, 0.1) is 23.7 Å². The summed E-state index contributed by atoms with van der Waals surface area (Å²) in [6.07, 6.45) is 0.188. The molecule has 0 atom stereocenters. The van der Waals surface area contributed by atoms with E-state index in [0.29, 0.717) is 17.1 Å². The van der Waals surface area contributed by atoms with Crippen molar-refractivity contribution in [1.29, 1.82) is 0 Å². The van der Waals surface area contributed by atoms with Gasteiger partial charge in [-0.2, -0.15) is 8.42 Å². The Labute approximate surface area is 93.9 Å². The molecule has 90 valence electrons. The average Bonchev–Trinajstić information content (AvgIpc) is 2.17. The monoisotopic (exact) mass is 246 g/mol. The molecule has 6 nitrogen and oxygen atoms in total. The van der Waals surface area contributed by atoms with Gasteiger partial charge in [0.1, 0.15) is 5.75 Å². The minimum atomic E-state index is -3.93. The van der Waals surface area contributed by atoms with Gasteiger partial charge in [0, 0.05) is 0 Å². The van der Waals surface area contributed by atoms with Gasteiger partial charge in [-0.15, -0.1) is 0 Å². The largest absolute Gasteiger partial charge is 0.491 e. The van der Waals surface area contributed by atoms with Crippen LogP contribution in [0, 0.1) is 0 Å². The summed E-state index contributed by atoms with van der Waals surface area (Å²) in [5.74, 6) is 0.0743. The zero-order chi connectivity index (χ0) is 12.2. The van der Waals surface area contributed by atoms with E-state index >= 15 is 0 Å². The highest BCUT2D eigenvalue weighted by Gasteiger charge is 2.06. The van der Waals surface area contributed by atoms with Gasteiger partial charge >= 0.3 is 0 Å². The lowest BCUT2D eigenvalue weighted by atomic mass is 10.2. The fraction of sp³-hybridized carbons (Fsp3) is 0.333. The third kappa shape index (κ3) is 3.95. The highest BCUT2D eigenvalue weighted by Crippen LogP contribution is 2.26. The van der Waals surface area contributed by atoms with Crippen LogP contribution >= 0.6 is 0 Å². The number of rotatable bonds is 5. The van der Waals surface area contributed by atoms with E-state index in [0.717, 1.165) is 0 Å². The van der Waals surface area contributed by atoms with Gasteiger partial charge < -0.3 is 16.2 Å². The maximum atomic E-state index is 10.4. The summed E-state index contributed by atoms with van der Waals surface area (Å²) >= 11 is 0. The van der Waals surface area contributed by atoms with Crippen molar-refractivity contribution in [3.63, 3.8) is 0 Å². The number of nitrogen functional groups attached to an aromatic ring is 2. The number of ether oxygens (including phenoxy) is 1. The fourth-order valence-corrected chi connectivity index (χ4v) is 1.59. The lowest BCUT2D eigenvalue weighted by molar-refractivity contribution is 0.318. The van der Waals surface area contributed by atoms with Crippen molar-refractivity contribution in [2.75, 3.05) is 23.8 Å². The van der Waals surface area contributed by atoms with E-state index in [2.05, 4.69) is 0 Å². The summed E-state index contributed by atoms with van der Waals surface area (Å²) in [7, 11) is -3.93. The van der Waals surface area contributed by atoms with Crippen LogP contribution in [0.15, 0.2) is 18.2 Å². The molecule has 0 unspecified atom stereocenters. The molecule has 0 saturated heterocycles. The van der Waals surface area contributed by atoms with Gasteiger partial charge in [-0.25, -0.2) is 0 Å². The smallest absolute Gasteiger partial charge is 0.264 e. The molecule has 1 rings (SSSR count). The Morgan fingerprint density at radius 1 is 1.31 bits per heavy atom. The first kappa shape index (κ1) is 12.6. The van der Waals surface area contributed by atoms with E-state index in [4.69, 9.17) is 20.8 Å². The Hall–Kier alpha value is -1.47. The van der Waals surface area contributed by atoms with E-state index in [1.165, 1.54) is 0 Å². The topological polar surface area (TPSA) is 116 Å². The summed E-state index contributed by atoms with van der Waals surface area (Å²) < 4.78 is 34.6. The number of hydrogen-bond donors (Lipinski definition) is 3. The lowest BCUT2D eigenvalue weighted by Gasteiger charge is -2.09. The first-order chi connectivity index (χ1) is 7.40. The second-order valence-corrected chi connectivity index (χ2v) is 4.82. The highest BCUT2D eigenvalue weighted by atomic mass is 32.2. The lowest BCUT2D eigenvalue weighted by Crippen LogP contribution is -2.09. The molecule has 0 aliphatic heterocycles. The third-order valence-corrected chi connectivity index (χ3v) is 2.71. The Balaban J connectivity index is 2.47. The highest BCUT2D eigenvalue weighted by molar-refractivity contribution is 7.85. The van der Waals surface area contributed by atoms with Gasteiger partial charge in [0.15, 0.2) is 0 Å². The molecule has 0 aliphatic carbocycles. The van der Waals surface area contributed by atoms with E-state index in [1.807, 2.05) is 0 Å². The summed E-state index contributed by atoms with van der Waals surface area (Å²) in [5, 5.41) is 0. The quantitative estimate of drug-likeness (QED) is 0.396. The molecular weight excluding hydrogens is 232 g/mol. The molecule has 0 radical (unpaired) electrons. The average molecular weight is 246 g/mol. The van der Waals surface area contributed by atoms with Crippen molar-refractivity contribution < 1.29 is 17.7 Å². The molecule has 7 heteroatoms. The Morgan fingerprint density at radius 3 is 2.62 bits per heavy atom. The molecule has 0 aromatic heterocycles. The molecule has 0 saturated carbocycles. The van der Waals surface area contributed by atoms with Crippen molar-refractivity contribution in [3.05, 3.63) is 18.2 Å². The third-order valence-electron chi connectivity index (χ3n) is 1.90. The standard InChI is InChI=1S/C9H14N2O4S/c10-7-3-1-4-8(9(7)11)15-5-2-6-16(12,13)14/h1,3-4H,2,5-6,10-11H2,(H,12,13,14). The zero-order valence-electron chi connectivity index (χ0n) is 8.59. The first-order valence-electron chi connectivity index (χ1n) is 4.62. The van der Waals surface area contributed by atoms with Gasteiger partial charge in [-0.1, -0.05) is 6.07 Å². The molecule has 0 aliphatic rings. The van der Waals surface area contributed by atoms with Crippen molar-refractivity contribution in [3.8, 4) is 5.75 Å². The molecule has 0 fully saturated rings. The number of para-hydroxylation sites is 1. The molecule has 0 bridgehead atoms. The molecule has 0 amide bonds. The van der Waals surface area contributed by atoms with Crippen LogP contribution in [0.4, 0.5) is 11.4 Å². The molecule has 16 heavy (non-hydrogen) atoms. The molecule has 5 N–H and O–H groups in total. The van der Waals surface area contributed by atoms with E-state index in [1.54, 1.807) is 18.2 Å². The van der Waals surface area contributed by atoms with Crippen molar-refractivity contribution in [2.24, 2.45) is 0 Å². The Bertz CT molecular complexity index is 459. The second-order valence-electron chi connectivity index (χ2n) is 3.25. The molecular formula is C9H14N2O4S. The Kier molecular flexibility index (Phi) is 3.97. The van der Waals surface area contributed by atoms with Crippen molar-refractivity contribution in [1.82, 2.24) is 0 Å². The molecule has 1 aromatic carbocycles. The fourth-order valence-electron chi connectivity index (χ4n) is 1.11. The van der Waals surface area contributed by atoms with Crippen LogP contribution in [-0.2, 0) is 10.1 Å². The van der Waals surface area contributed by atoms with Crippen LogP contribution in [0.3, 0.4) is 0 Å². The van der Waals surface area contributed by atoms with Crippen molar-refractivity contribution >= 4 is 21.5 Å². The minimum absolute atomic E-state index is 0.146. The second kappa shape index (κ2) is 5.04. The Morgan fingerprint density at radius 2 is 2.00 bits per heavy atom. The van der Waals surface area contributed by atoms with E-state index in [9.17, 15) is 8.42 Å². The van der Waals surface area contributed by atoms with E-state index < -0.39 is 10.1 Å². The van der Waals surface area contributed by atoms with E-state index in [-0.39, 0.29) is 18.8 Å². The first-order valence-corrected chi connectivity index (χ1v) is 6.23. The zero-order valence-corrected chi connectivity index (χ0v) is 9.40. The summed E-state index contributed by atoms with van der Waals surface area (Å²) in [6, 6.07) is 4.96. The molecule has 0 heterocycles. The van der Waals surface area contributed by atoms with Crippen LogP contribution in [0.2, 0.25) is 0 Å².